The van der Waals surface area contributed by atoms with Gasteiger partial charge in [0.1, 0.15) is 0 Å². The van der Waals surface area contributed by atoms with Gasteiger partial charge in [0.2, 0.25) is 0 Å². The largest absolute Gasteiger partial charge is 0.383 e. The summed E-state index contributed by atoms with van der Waals surface area (Å²) in [5, 5.41) is 7.58. The molecule has 2 aromatic rings. The van der Waals surface area contributed by atoms with Crippen LogP contribution < -0.4 is 10.2 Å². The minimum atomic E-state index is -0.189. The van der Waals surface area contributed by atoms with Crippen LogP contribution >= 0.6 is 0 Å². The smallest absolute Gasteiger partial charge is 0.276 e. The van der Waals surface area contributed by atoms with Crippen LogP contribution in [0, 0.1) is 0 Å². The predicted molar refractivity (Wildman–Crippen MR) is 103 cm³/mol. The Morgan fingerprint density at radius 1 is 1.37 bits per heavy atom. The molecule has 7 nitrogen and oxygen atoms in total. The van der Waals surface area contributed by atoms with E-state index in [1.165, 1.54) is 17.7 Å². The fourth-order valence-corrected chi connectivity index (χ4v) is 3.88. The average molecular weight is 370 g/mol. The first-order valence-electron chi connectivity index (χ1n) is 9.48. The number of nitrogens with one attached hydrogen (secondary N) is 1. The molecule has 7 heteroatoms. The molecule has 0 spiro atoms. The number of fused-ring (bicyclic) bond motifs is 2. The summed E-state index contributed by atoms with van der Waals surface area (Å²) in [4.78, 5) is 15.2. The summed E-state index contributed by atoms with van der Waals surface area (Å²) in [5.74, 6) is -0.189. The molecule has 1 aromatic heterocycles. The molecule has 4 rings (SSSR count). The lowest BCUT2D eigenvalue weighted by Gasteiger charge is -2.28. The normalized spacial score (nSPS) is 16.0. The van der Waals surface area contributed by atoms with Crippen molar-refractivity contribution in [3.8, 4) is 0 Å². The molecule has 0 aliphatic carbocycles. The molecule has 1 aromatic carbocycles. The minimum absolute atomic E-state index is 0.189. The van der Waals surface area contributed by atoms with Gasteiger partial charge in [-0.15, -0.1) is 0 Å². The maximum Gasteiger partial charge on any atom is 0.276 e. The van der Waals surface area contributed by atoms with Crippen LogP contribution in [0.4, 0.5) is 11.4 Å². The van der Waals surface area contributed by atoms with Crippen LogP contribution in [0.1, 0.15) is 33.7 Å². The van der Waals surface area contributed by atoms with Crippen molar-refractivity contribution in [3.05, 3.63) is 40.7 Å². The molecular weight excluding hydrogens is 344 g/mol. The van der Waals surface area contributed by atoms with E-state index in [0.717, 1.165) is 36.3 Å². The van der Waals surface area contributed by atoms with E-state index in [0.29, 0.717) is 32.1 Å². The lowest BCUT2D eigenvalue weighted by atomic mass is 10.0. The third-order valence-corrected chi connectivity index (χ3v) is 5.31. The first-order chi connectivity index (χ1) is 13.2. The van der Waals surface area contributed by atoms with Crippen molar-refractivity contribution in [3.63, 3.8) is 0 Å². The Balaban J connectivity index is 1.58. The summed E-state index contributed by atoms with van der Waals surface area (Å²) >= 11 is 0. The van der Waals surface area contributed by atoms with Gasteiger partial charge in [-0.25, -0.2) is 0 Å². The van der Waals surface area contributed by atoms with E-state index in [-0.39, 0.29) is 5.91 Å². The fraction of sp³-hybridized carbons (Fsp3) is 0.500. The number of carbonyl (C=O) groups is 1. The number of rotatable bonds is 5. The summed E-state index contributed by atoms with van der Waals surface area (Å²) in [6.45, 7) is 3.32. The third-order valence-electron chi connectivity index (χ3n) is 5.31. The highest BCUT2D eigenvalue weighted by atomic mass is 16.5. The number of ether oxygens (including phenoxy) is 2. The Hall–Kier alpha value is -2.38. The van der Waals surface area contributed by atoms with Gasteiger partial charge in [0.15, 0.2) is 5.69 Å². The van der Waals surface area contributed by atoms with Gasteiger partial charge < -0.3 is 19.7 Å². The summed E-state index contributed by atoms with van der Waals surface area (Å²) < 4.78 is 12.6. The molecule has 0 saturated heterocycles. The number of carbonyl (C=O) groups excluding carboxylic acids is 1. The number of nitrogens with zero attached hydrogens (tertiary/aromatic N) is 3. The Labute approximate surface area is 159 Å². The zero-order chi connectivity index (χ0) is 18.8. The Bertz CT molecular complexity index is 846. The fourth-order valence-electron chi connectivity index (χ4n) is 3.88. The van der Waals surface area contributed by atoms with E-state index < -0.39 is 0 Å². The highest BCUT2D eigenvalue weighted by molar-refractivity contribution is 6.04. The maximum atomic E-state index is 12.9. The third kappa shape index (κ3) is 3.57. The number of anilines is 2. The number of methoxy groups -OCH3 is 1. The van der Waals surface area contributed by atoms with E-state index in [2.05, 4.69) is 34.5 Å². The van der Waals surface area contributed by atoms with Crippen molar-refractivity contribution >= 4 is 17.3 Å². The molecule has 0 fully saturated rings. The van der Waals surface area contributed by atoms with Crippen LogP contribution in [-0.4, -0.2) is 49.6 Å². The molecule has 0 unspecified atom stereocenters. The zero-order valence-electron chi connectivity index (χ0n) is 16.0. The van der Waals surface area contributed by atoms with E-state index >= 15 is 0 Å². The zero-order valence-corrected chi connectivity index (χ0v) is 16.0. The summed E-state index contributed by atoms with van der Waals surface area (Å²) in [6, 6.07) is 6.13. The molecule has 0 bridgehead atoms. The van der Waals surface area contributed by atoms with Crippen molar-refractivity contribution in [2.45, 2.75) is 32.4 Å². The van der Waals surface area contributed by atoms with E-state index in [4.69, 9.17) is 9.47 Å². The number of aromatic nitrogens is 2. The molecule has 0 radical (unpaired) electrons. The van der Waals surface area contributed by atoms with E-state index in [1.54, 1.807) is 7.11 Å². The van der Waals surface area contributed by atoms with Gasteiger partial charge in [0.05, 0.1) is 26.4 Å². The highest BCUT2D eigenvalue weighted by Crippen LogP contribution is 2.29. The standard InChI is InChI=1S/C20H26N4O3/c1-23-8-3-4-14-5-6-15(12-18(14)23)21-20(25)19-16-13-27-10-7-17(16)24(22-19)9-11-26-2/h5-6,12H,3-4,7-11,13H2,1-2H3,(H,21,25). The average Bonchev–Trinajstić information content (AvgIpc) is 3.06. The number of aryl methyl sites for hydroxylation is 1. The van der Waals surface area contributed by atoms with Crippen LogP contribution in [0.25, 0.3) is 0 Å². The molecule has 1 N–H and O–H groups in total. The monoisotopic (exact) mass is 370 g/mol. The van der Waals surface area contributed by atoms with Crippen LogP contribution in [-0.2, 0) is 35.5 Å². The van der Waals surface area contributed by atoms with Crippen molar-refractivity contribution in [1.29, 1.82) is 0 Å². The molecule has 0 saturated carbocycles. The number of benzene rings is 1. The van der Waals surface area contributed by atoms with Gasteiger partial charge >= 0.3 is 0 Å². The predicted octanol–water partition coefficient (Wildman–Crippen LogP) is 2.24. The lowest BCUT2D eigenvalue weighted by Crippen LogP contribution is -2.25. The van der Waals surface area contributed by atoms with Crippen LogP contribution in [0.5, 0.6) is 0 Å². The quantitative estimate of drug-likeness (QED) is 0.874. The number of amides is 1. The number of hydrogen-bond acceptors (Lipinski definition) is 5. The van der Waals surface area contributed by atoms with Crippen molar-refractivity contribution in [1.82, 2.24) is 9.78 Å². The second kappa shape index (κ2) is 7.70. The van der Waals surface area contributed by atoms with Crippen molar-refractivity contribution in [2.24, 2.45) is 0 Å². The molecule has 3 heterocycles. The summed E-state index contributed by atoms with van der Waals surface area (Å²) in [6.07, 6.45) is 3.02. The molecule has 2 aliphatic heterocycles. The SMILES string of the molecule is COCCn1nc(C(=O)Nc2ccc3c(c2)N(C)CCC3)c2c1CCOC2. The Kier molecular flexibility index (Phi) is 5.13. The van der Waals surface area contributed by atoms with Gasteiger partial charge in [-0.2, -0.15) is 5.10 Å². The topological polar surface area (TPSA) is 68.6 Å². The Morgan fingerprint density at radius 2 is 2.26 bits per heavy atom. The molecule has 27 heavy (non-hydrogen) atoms. The van der Waals surface area contributed by atoms with Gasteiger partial charge in [-0.3, -0.25) is 9.48 Å². The molecule has 1 amide bonds. The number of hydrogen-bond donors (Lipinski definition) is 1. The van der Waals surface area contributed by atoms with Gasteiger partial charge in [0, 0.05) is 49.8 Å². The lowest BCUT2D eigenvalue weighted by molar-refractivity contribution is 0.0983. The second-order valence-electron chi connectivity index (χ2n) is 7.12. The molecule has 144 valence electrons. The first kappa shape index (κ1) is 18.0. The highest BCUT2D eigenvalue weighted by Gasteiger charge is 2.25. The molecular formula is C20H26N4O3. The molecule has 2 aliphatic rings. The van der Waals surface area contributed by atoms with Gasteiger partial charge in [0.25, 0.3) is 5.91 Å². The second-order valence-corrected chi connectivity index (χ2v) is 7.12. The van der Waals surface area contributed by atoms with Crippen LogP contribution in [0.2, 0.25) is 0 Å². The van der Waals surface area contributed by atoms with Crippen molar-refractivity contribution in [2.75, 3.05) is 44.1 Å². The minimum Gasteiger partial charge on any atom is -0.383 e. The van der Waals surface area contributed by atoms with Crippen LogP contribution in [0.15, 0.2) is 18.2 Å². The summed E-state index contributed by atoms with van der Waals surface area (Å²) in [7, 11) is 3.76. The molecule has 0 atom stereocenters. The Morgan fingerprint density at radius 3 is 3.11 bits per heavy atom. The van der Waals surface area contributed by atoms with Crippen molar-refractivity contribution < 1.29 is 14.3 Å². The maximum absolute atomic E-state index is 12.9. The summed E-state index contributed by atoms with van der Waals surface area (Å²) in [5.41, 5.74) is 5.74. The first-order valence-corrected chi connectivity index (χ1v) is 9.48. The van der Waals surface area contributed by atoms with Gasteiger partial charge in [-0.05, 0) is 30.5 Å². The van der Waals surface area contributed by atoms with Crippen LogP contribution in [0.3, 0.4) is 0 Å². The van der Waals surface area contributed by atoms with E-state index in [9.17, 15) is 4.79 Å². The van der Waals surface area contributed by atoms with E-state index in [1.807, 2.05) is 10.7 Å². The van der Waals surface area contributed by atoms with Gasteiger partial charge in [-0.1, -0.05) is 6.07 Å².